The molecule has 3 heteroatoms. The molecule has 0 amide bonds. The van der Waals surface area contributed by atoms with Gasteiger partial charge in [-0.05, 0) is 32.0 Å². The molecule has 17 heavy (non-hydrogen) atoms. The van der Waals surface area contributed by atoms with Crippen molar-refractivity contribution < 1.29 is 0 Å². The topological polar surface area (TPSA) is 29.3 Å². The van der Waals surface area contributed by atoms with Crippen LogP contribution in [0.5, 0.6) is 0 Å². The number of rotatable bonds is 5. The summed E-state index contributed by atoms with van der Waals surface area (Å²) in [7, 11) is 2.20. The lowest BCUT2D eigenvalue weighted by molar-refractivity contribution is 0.223. The van der Waals surface area contributed by atoms with Crippen LogP contribution in [0, 0.1) is 11.8 Å². The van der Waals surface area contributed by atoms with E-state index in [1.807, 2.05) is 0 Å². The molecule has 0 saturated heterocycles. The highest BCUT2D eigenvalue weighted by Gasteiger charge is 2.11. The second-order valence-electron chi connectivity index (χ2n) is 4.16. The van der Waals surface area contributed by atoms with Gasteiger partial charge in [0.2, 0.25) is 0 Å². The van der Waals surface area contributed by atoms with E-state index in [4.69, 9.17) is 5.73 Å². The van der Waals surface area contributed by atoms with Crippen LogP contribution in [0.1, 0.15) is 36.4 Å². The number of hydrogen-bond acceptors (Lipinski definition) is 3. The molecule has 1 rings (SSSR count). The van der Waals surface area contributed by atoms with Crippen molar-refractivity contribution >= 4 is 11.3 Å². The lowest BCUT2D eigenvalue weighted by Crippen LogP contribution is -2.29. The van der Waals surface area contributed by atoms with E-state index in [-0.39, 0.29) is 0 Å². The molecular weight excluding hydrogens is 228 g/mol. The van der Waals surface area contributed by atoms with Crippen LogP contribution in [0.3, 0.4) is 0 Å². The van der Waals surface area contributed by atoms with Crippen molar-refractivity contribution in [2.45, 2.75) is 39.3 Å². The second kappa shape index (κ2) is 7.50. The molecule has 0 bridgehead atoms. The molecule has 0 aliphatic heterocycles. The van der Waals surface area contributed by atoms with Gasteiger partial charge >= 0.3 is 0 Å². The molecule has 0 unspecified atom stereocenters. The van der Waals surface area contributed by atoms with Gasteiger partial charge in [0.1, 0.15) is 0 Å². The van der Waals surface area contributed by atoms with Gasteiger partial charge < -0.3 is 5.73 Å². The first kappa shape index (κ1) is 14.2. The van der Waals surface area contributed by atoms with Crippen molar-refractivity contribution in [3.8, 4) is 11.8 Å². The maximum atomic E-state index is 5.36. The summed E-state index contributed by atoms with van der Waals surface area (Å²) in [4.78, 5) is 4.91. The van der Waals surface area contributed by atoms with Crippen molar-refractivity contribution in [3.05, 3.63) is 21.9 Å². The number of nitrogens with zero attached hydrogens (tertiary/aromatic N) is 1. The molecule has 0 aliphatic carbocycles. The Morgan fingerprint density at radius 1 is 1.35 bits per heavy atom. The van der Waals surface area contributed by atoms with Crippen LogP contribution < -0.4 is 5.73 Å². The lowest BCUT2D eigenvalue weighted by Gasteiger charge is -2.25. The average Bonchev–Trinajstić information content (AvgIpc) is 2.75. The van der Waals surface area contributed by atoms with Gasteiger partial charge in [-0.25, -0.2) is 0 Å². The summed E-state index contributed by atoms with van der Waals surface area (Å²) in [6.45, 7) is 5.94. The average molecular weight is 250 g/mol. The largest absolute Gasteiger partial charge is 0.320 e. The minimum atomic E-state index is 0.431. The SMILES string of the molecule is CCC(CC)N(C)Cc1ccc(C#CCN)s1. The highest BCUT2D eigenvalue weighted by atomic mass is 32.1. The van der Waals surface area contributed by atoms with Crippen LogP contribution in [0.4, 0.5) is 0 Å². The summed E-state index contributed by atoms with van der Waals surface area (Å²) in [5.74, 6) is 5.97. The first-order valence-corrected chi connectivity index (χ1v) is 7.00. The minimum Gasteiger partial charge on any atom is -0.320 e. The fourth-order valence-electron chi connectivity index (χ4n) is 1.96. The Bertz CT molecular complexity index is 382. The van der Waals surface area contributed by atoms with Crippen molar-refractivity contribution in [2.24, 2.45) is 5.73 Å². The Labute approximate surface area is 109 Å². The van der Waals surface area contributed by atoms with Gasteiger partial charge in [0.05, 0.1) is 11.4 Å². The Balaban J connectivity index is 2.59. The zero-order valence-electron chi connectivity index (χ0n) is 11.0. The van der Waals surface area contributed by atoms with Gasteiger partial charge in [-0.15, -0.1) is 11.3 Å². The maximum Gasteiger partial charge on any atom is 0.0772 e. The summed E-state index contributed by atoms with van der Waals surface area (Å²) in [6, 6.07) is 4.93. The molecule has 1 aromatic rings. The van der Waals surface area contributed by atoms with E-state index in [1.165, 1.54) is 17.7 Å². The van der Waals surface area contributed by atoms with E-state index in [0.29, 0.717) is 12.6 Å². The Hall–Kier alpha value is -0.820. The van der Waals surface area contributed by atoms with Crippen molar-refractivity contribution in [1.82, 2.24) is 4.90 Å². The Morgan fingerprint density at radius 3 is 2.65 bits per heavy atom. The van der Waals surface area contributed by atoms with E-state index in [0.717, 1.165) is 11.4 Å². The summed E-state index contributed by atoms with van der Waals surface area (Å²) in [5, 5.41) is 0. The molecule has 0 atom stereocenters. The van der Waals surface area contributed by atoms with Gasteiger partial charge in [0.25, 0.3) is 0 Å². The molecule has 1 aromatic heterocycles. The normalized spacial score (nSPS) is 10.7. The molecule has 0 spiro atoms. The molecule has 0 radical (unpaired) electrons. The third kappa shape index (κ3) is 4.51. The standard InChI is InChI=1S/C14H22N2S/c1-4-12(5-2)16(3)11-14-9-8-13(17-14)7-6-10-15/h8-9,12H,4-5,10-11,15H2,1-3H3. The third-order valence-corrected chi connectivity index (χ3v) is 3.93. The first-order valence-electron chi connectivity index (χ1n) is 6.19. The smallest absolute Gasteiger partial charge is 0.0772 e. The molecule has 1 heterocycles. The van der Waals surface area contributed by atoms with Crippen LogP contribution in [0.2, 0.25) is 0 Å². The predicted octanol–water partition coefficient (Wildman–Crippen LogP) is 2.68. The first-order chi connectivity index (χ1) is 8.21. The monoisotopic (exact) mass is 250 g/mol. The van der Waals surface area contributed by atoms with E-state index in [9.17, 15) is 0 Å². The van der Waals surface area contributed by atoms with Gasteiger partial charge in [0, 0.05) is 17.5 Å². The van der Waals surface area contributed by atoms with E-state index in [2.05, 4.69) is 49.8 Å². The molecule has 94 valence electrons. The second-order valence-corrected chi connectivity index (χ2v) is 5.33. The van der Waals surface area contributed by atoms with Crippen LogP contribution >= 0.6 is 11.3 Å². The molecule has 0 saturated carbocycles. The number of thiophene rings is 1. The summed E-state index contributed by atoms with van der Waals surface area (Å²) >= 11 is 1.77. The Morgan fingerprint density at radius 2 is 2.06 bits per heavy atom. The molecule has 2 N–H and O–H groups in total. The summed E-state index contributed by atoms with van der Waals surface area (Å²) in [5.41, 5.74) is 5.36. The fraction of sp³-hybridized carbons (Fsp3) is 0.571. The van der Waals surface area contributed by atoms with E-state index in [1.54, 1.807) is 11.3 Å². The summed E-state index contributed by atoms with van der Waals surface area (Å²) < 4.78 is 0. The van der Waals surface area contributed by atoms with Crippen molar-refractivity contribution in [3.63, 3.8) is 0 Å². The van der Waals surface area contributed by atoms with E-state index >= 15 is 0 Å². The summed E-state index contributed by atoms with van der Waals surface area (Å²) in [6.07, 6.45) is 2.41. The van der Waals surface area contributed by atoms with Crippen LogP contribution in [0.15, 0.2) is 12.1 Å². The quantitative estimate of drug-likeness (QED) is 0.814. The zero-order valence-corrected chi connectivity index (χ0v) is 11.8. The molecule has 0 fully saturated rings. The fourth-order valence-corrected chi connectivity index (χ4v) is 2.90. The van der Waals surface area contributed by atoms with Crippen LogP contribution in [-0.2, 0) is 6.54 Å². The molecular formula is C14H22N2S. The molecule has 2 nitrogen and oxygen atoms in total. The van der Waals surface area contributed by atoms with Crippen LogP contribution in [0.25, 0.3) is 0 Å². The van der Waals surface area contributed by atoms with Gasteiger partial charge in [-0.2, -0.15) is 0 Å². The highest BCUT2D eigenvalue weighted by molar-refractivity contribution is 7.12. The third-order valence-electron chi connectivity index (χ3n) is 2.95. The van der Waals surface area contributed by atoms with Gasteiger partial charge in [-0.1, -0.05) is 25.7 Å². The zero-order chi connectivity index (χ0) is 12.7. The minimum absolute atomic E-state index is 0.431. The van der Waals surface area contributed by atoms with Gasteiger partial charge in [-0.3, -0.25) is 4.90 Å². The number of hydrogen-bond donors (Lipinski definition) is 1. The van der Waals surface area contributed by atoms with E-state index < -0.39 is 0 Å². The molecule has 0 aliphatic rings. The van der Waals surface area contributed by atoms with Crippen LogP contribution in [-0.4, -0.2) is 24.5 Å². The van der Waals surface area contributed by atoms with Gasteiger partial charge in [0.15, 0.2) is 0 Å². The number of nitrogens with two attached hydrogens (primary N) is 1. The van der Waals surface area contributed by atoms with Crippen molar-refractivity contribution in [1.29, 1.82) is 0 Å². The van der Waals surface area contributed by atoms with Crippen molar-refractivity contribution in [2.75, 3.05) is 13.6 Å². The lowest BCUT2D eigenvalue weighted by atomic mass is 10.1. The molecule has 0 aromatic carbocycles. The Kier molecular flexibility index (Phi) is 6.28. The predicted molar refractivity (Wildman–Crippen MR) is 76.1 cm³/mol. The maximum absolute atomic E-state index is 5.36. The highest BCUT2D eigenvalue weighted by Crippen LogP contribution is 2.19.